The van der Waals surface area contributed by atoms with Gasteiger partial charge < -0.3 is 15.0 Å². The molecular formula is C11H15N3O3S. The first-order chi connectivity index (χ1) is 8.70. The van der Waals surface area contributed by atoms with Gasteiger partial charge in [0.25, 0.3) is 0 Å². The second-order valence-corrected chi connectivity index (χ2v) is 4.71. The predicted molar refractivity (Wildman–Crippen MR) is 68.5 cm³/mol. The van der Waals surface area contributed by atoms with E-state index in [2.05, 4.69) is 5.32 Å². The van der Waals surface area contributed by atoms with E-state index in [1.807, 2.05) is 16.8 Å². The topological polar surface area (TPSA) is 61.9 Å². The van der Waals surface area contributed by atoms with Gasteiger partial charge >= 0.3 is 6.03 Å². The Morgan fingerprint density at radius 2 is 2.44 bits per heavy atom. The van der Waals surface area contributed by atoms with Crippen molar-refractivity contribution in [2.75, 3.05) is 38.8 Å². The molecule has 1 aliphatic heterocycles. The lowest BCUT2D eigenvalue weighted by molar-refractivity contribution is -0.127. The number of hydrogen-bond acceptors (Lipinski definition) is 4. The van der Waals surface area contributed by atoms with E-state index in [1.165, 1.54) is 16.2 Å². The van der Waals surface area contributed by atoms with Gasteiger partial charge in [0.15, 0.2) is 0 Å². The summed E-state index contributed by atoms with van der Waals surface area (Å²) in [6.07, 6.45) is 0. The van der Waals surface area contributed by atoms with E-state index >= 15 is 0 Å². The molecule has 0 aliphatic carbocycles. The average Bonchev–Trinajstić information content (AvgIpc) is 2.96. The number of amides is 3. The first-order valence-corrected chi connectivity index (χ1v) is 6.50. The molecule has 1 aromatic rings. The van der Waals surface area contributed by atoms with E-state index in [0.29, 0.717) is 19.8 Å². The monoisotopic (exact) mass is 269 g/mol. The zero-order valence-corrected chi connectivity index (χ0v) is 10.9. The Labute approximate surface area is 109 Å². The SMILES string of the molecule is COCCN1CN(C(=O)Nc2ccsc2)CC1=O. The fourth-order valence-electron chi connectivity index (χ4n) is 1.67. The molecule has 98 valence electrons. The quantitative estimate of drug-likeness (QED) is 0.888. The molecule has 6 nitrogen and oxygen atoms in total. The lowest BCUT2D eigenvalue weighted by Crippen LogP contribution is -2.35. The summed E-state index contributed by atoms with van der Waals surface area (Å²) in [4.78, 5) is 26.6. The highest BCUT2D eigenvalue weighted by Gasteiger charge is 2.30. The van der Waals surface area contributed by atoms with Crippen LogP contribution in [-0.2, 0) is 9.53 Å². The maximum absolute atomic E-state index is 11.9. The van der Waals surface area contributed by atoms with Gasteiger partial charge in [-0.05, 0) is 11.4 Å². The number of nitrogens with one attached hydrogen (secondary N) is 1. The largest absolute Gasteiger partial charge is 0.383 e. The Morgan fingerprint density at radius 3 is 3.11 bits per heavy atom. The molecule has 0 bridgehead atoms. The number of methoxy groups -OCH3 is 1. The third-order valence-electron chi connectivity index (χ3n) is 2.65. The van der Waals surface area contributed by atoms with Crippen LogP contribution in [0.25, 0.3) is 0 Å². The number of urea groups is 1. The molecule has 7 heteroatoms. The summed E-state index contributed by atoms with van der Waals surface area (Å²) in [6.45, 7) is 1.43. The van der Waals surface area contributed by atoms with Crippen molar-refractivity contribution in [1.82, 2.24) is 9.80 Å². The van der Waals surface area contributed by atoms with Gasteiger partial charge in [-0.25, -0.2) is 4.79 Å². The second-order valence-electron chi connectivity index (χ2n) is 3.93. The van der Waals surface area contributed by atoms with Gasteiger partial charge in [0.1, 0.15) is 6.54 Å². The normalized spacial score (nSPS) is 15.3. The van der Waals surface area contributed by atoms with Crippen LogP contribution in [0.2, 0.25) is 0 Å². The van der Waals surface area contributed by atoms with Crippen molar-refractivity contribution in [2.24, 2.45) is 0 Å². The summed E-state index contributed by atoms with van der Waals surface area (Å²) < 4.78 is 4.92. The van der Waals surface area contributed by atoms with Gasteiger partial charge in [0.2, 0.25) is 5.91 Å². The standard InChI is InChI=1S/C11H15N3O3S/c1-17-4-3-13-8-14(6-10(13)15)11(16)12-9-2-5-18-7-9/h2,5,7H,3-4,6,8H2,1H3,(H,12,16). The van der Waals surface area contributed by atoms with Crippen LogP contribution < -0.4 is 5.32 Å². The van der Waals surface area contributed by atoms with E-state index in [0.717, 1.165) is 5.69 Å². The molecular weight excluding hydrogens is 254 g/mol. The number of thiophene rings is 1. The zero-order chi connectivity index (χ0) is 13.0. The molecule has 0 aromatic carbocycles. The van der Waals surface area contributed by atoms with Crippen LogP contribution in [-0.4, -0.2) is 55.2 Å². The number of nitrogens with zero attached hydrogens (tertiary/aromatic N) is 2. The summed E-state index contributed by atoms with van der Waals surface area (Å²) in [6, 6.07) is 1.57. The maximum atomic E-state index is 11.9. The van der Waals surface area contributed by atoms with Crippen molar-refractivity contribution in [3.63, 3.8) is 0 Å². The minimum Gasteiger partial charge on any atom is -0.383 e. The summed E-state index contributed by atoms with van der Waals surface area (Å²) >= 11 is 1.51. The molecule has 0 radical (unpaired) electrons. The molecule has 0 atom stereocenters. The summed E-state index contributed by atoms with van der Waals surface area (Å²) in [5.41, 5.74) is 0.757. The van der Waals surface area contributed by atoms with Crippen LogP contribution in [0.4, 0.5) is 10.5 Å². The molecule has 1 fully saturated rings. The van der Waals surface area contributed by atoms with Gasteiger partial charge in [-0.3, -0.25) is 9.69 Å². The van der Waals surface area contributed by atoms with Crippen LogP contribution in [0.15, 0.2) is 16.8 Å². The van der Waals surface area contributed by atoms with E-state index < -0.39 is 0 Å². The van der Waals surface area contributed by atoms with Crippen LogP contribution in [0.1, 0.15) is 0 Å². The molecule has 1 N–H and O–H groups in total. The van der Waals surface area contributed by atoms with E-state index in [-0.39, 0.29) is 18.5 Å². The first-order valence-electron chi connectivity index (χ1n) is 5.55. The number of hydrogen-bond donors (Lipinski definition) is 1. The Kier molecular flexibility index (Phi) is 4.16. The molecule has 3 amide bonds. The Bertz CT molecular complexity index is 421. The molecule has 2 rings (SSSR count). The number of anilines is 1. The second kappa shape index (κ2) is 5.83. The highest BCUT2D eigenvalue weighted by atomic mass is 32.1. The Balaban J connectivity index is 1.87. The average molecular weight is 269 g/mol. The van der Waals surface area contributed by atoms with E-state index in [1.54, 1.807) is 12.0 Å². The fraction of sp³-hybridized carbons (Fsp3) is 0.455. The van der Waals surface area contributed by atoms with Crippen molar-refractivity contribution in [3.8, 4) is 0 Å². The highest BCUT2D eigenvalue weighted by molar-refractivity contribution is 7.08. The van der Waals surface area contributed by atoms with Crippen molar-refractivity contribution >= 4 is 29.0 Å². The zero-order valence-electron chi connectivity index (χ0n) is 10.1. The minimum absolute atomic E-state index is 0.0486. The third kappa shape index (κ3) is 2.99. The number of ether oxygens (including phenoxy) is 1. The fourth-order valence-corrected chi connectivity index (χ4v) is 2.26. The third-order valence-corrected chi connectivity index (χ3v) is 3.33. The van der Waals surface area contributed by atoms with Crippen molar-refractivity contribution in [2.45, 2.75) is 0 Å². The minimum atomic E-state index is -0.248. The number of rotatable bonds is 4. The van der Waals surface area contributed by atoms with Gasteiger partial charge in [-0.2, -0.15) is 11.3 Å². The van der Waals surface area contributed by atoms with E-state index in [9.17, 15) is 9.59 Å². The van der Waals surface area contributed by atoms with Crippen molar-refractivity contribution in [3.05, 3.63) is 16.8 Å². The molecule has 0 spiro atoms. The smallest absolute Gasteiger partial charge is 0.323 e. The number of carbonyl (C=O) groups excluding carboxylic acids is 2. The van der Waals surface area contributed by atoms with Gasteiger partial charge in [-0.15, -0.1) is 0 Å². The summed E-state index contributed by atoms with van der Waals surface area (Å²) in [5.74, 6) is -0.0486. The van der Waals surface area contributed by atoms with Gasteiger partial charge in [0.05, 0.1) is 19.0 Å². The molecule has 1 saturated heterocycles. The Morgan fingerprint density at radius 1 is 1.61 bits per heavy atom. The van der Waals surface area contributed by atoms with Crippen LogP contribution in [0.3, 0.4) is 0 Å². The molecule has 18 heavy (non-hydrogen) atoms. The molecule has 0 saturated carbocycles. The summed E-state index contributed by atoms with van der Waals surface area (Å²) in [7, 11) is 1.58. The molecule has 2 heterocycles. The highest BCUT2D eigenvalue weighted by Crippen LogP contribution is 2.14. The Hall–Kier alpha value is -1.60. The van der Waals surface area contributed by atoms with E-state index in [4.69, 9.17) is 4.74 Å². The molecule has 0 unspecified atom stereocenters. The van der Waals surface area contributed by atoms with Crippen LogP contribution in [0.5, 0.6) is 0 Å². The lowest BCUT2D eigenvalue weighted by Gasteiger charge is -2.17. The van der Waals surface area contributed by atoms with Crippen LogP contribution >= 0.6 is 11.3 Å². The summed E-state index contributed by atoms with van der Waals surface area (Å²) in [5, 5.41) is 6.48. The predicted octanol–water partition coefficient (Wildman–Crippen LogP) is 1.03. The maximum Gasteiger partial charge on any atom is 0.323 e. The lowest BCUT2D eigenvalue weighted by atomic mass is 10.5. The van der Waals surface area contributed by atoms with Crippen molar-refractivity contribution in [1.29, 1.82) is 0 Å². The van der Waals surface area contributed by atoms with Gasteiger partial charge in [0, 0.05) is 19.0 Å². The van der Waals surface area contributed by atoms with Gasteiger partial charge in [-0.1, -0.05) is 0 Å². The van der Waals surface area contributed by atoms with Crippen LogP contribution in [0, 0.1) is 0 Å². The molecule has 1 aromatic heterocycles. The van der Waals surface area contributed by atoms with Crippen molar-refractivity contribution < 1.29 is 14.3 Å². The number of carbonyl (C=O) groups is 2. The first kappa shape index (κ1) is 12.8. The molecule has 1 aliphatic rings.